The maximum Gasteiger partial charge on any atom is 0.318 e. The van der Waals surface area contributed by atoms with Gasteiger partial charge in [0, 0.05) is 19.5 Å². The molecule has 1 heterocycles. The monoisotopic (exact) mass is 313 g/mol. The number of nitrogens with one attached hydrogen (secondary N) is 2. The van der Waals surface area contributed by atoms with Gasteiger partial charge in [0.2, 0.25) is 11.9 Å². The van der Waals surface area contributed by atoms with E-state index in [1.165, 1.54) is 11.9 Å². The summed E-state index contributed by atoms with van der Waals surface area (Å²) in [5.41, 5.74) is 16.2. The number of carbonyl (C=O) groups is 3. The summed E-state index contributed by atoms with van der Waals surface area (Å²) in [6, 6.07) is -1.86. The highest BCUT2D eigenvalue weighted by atomic mass is 16.2. The third kappa shape index (κ3) is 5.30. The minimum absolute atomic E-state index is 0.0192. The van der Waals surface area contributed by atoms with E-state index in [0.29, 0.717) is 13.0 Å². The molecule has 1 rings (SSSR count). The van der Waals surface area contributed by atoms with Crippen LogP contribution >= 0.6 is 0 Å². The molecule has 0 aromatic rings. The van der Waals surface area contributed by atoms with Crippen LogP contribution in [0.4, 0.5) is 4.79 Å². The summed E-state index contributed by atoms with van der Waals surface area (Å²) in [5, 5.41) is 4.56. The first-order valence-electron chi connectivity index (χ1n) is 6.98. The maximum absolute atomic E-state index is 12.1. The van der Waals surface area contributed by atoms with Crippen molar-refractivity contribution in [3.05, 3.63) is 0 Å². The van der Waals surface area contributed by atoms with Gasteiger partial charge in [-0.25, -0.2) is 9.79 Å². The van der Waals surface area contributed by atoms with Crippen LogP contribution in [0.2, 0.25) is 0 Å². The van der Waals surface area contributed by atoms with E-state index in [4.69, 9.17) is 17.2 Å². The smallest absolute Gasteiger partial charge is 0.318 e. The fourth-order valence-electron chi connectivity index (χ4n) is 2.01. The number of nitrogens with two attached hydrogens (primary N) is 3. The molecule has 124 valence electrons. The lowest BCUT2D eigenvalue weighted by Gasteiger charge is -2.30. The molecule has 0 saturated heterocycles. The molecule has 1 unspecified atom stereocenters. The molecule has 22 heavy (non-hydrogen) atoms. The summed E-state index contributed by atoms with van der Waals surface area (Å²) in [6.45, 7) is 0.564. The second-order valence-electron chi connectivity index (χ2n) is 5.08. The highest BCUT2D eigenvalue weighted by Crippen LogP contribution is 2.07. The number of hydrogen-bond donors (Lipinski definition) is 5. The summed E-state index contributed by atoms with van der Waals surface area (Å²) < 4.78 is 0. The van der Waals surface area contributed by atoms with Gasteiger partial charge in [-0.2, -0.15) is 0 Å². The predicted molar refractivity (Wildman–Crippen MR) is 80.6 cm³/mol. The van der Waals surface area contributed by atoms with Crippen molar-refractivity contribution in [2.75, 3.05) is 20.1 Å². The molecule has 0 aromatic heterocycles. The molecule has 0 saturated carbocycles. The highest BCUT2D eigenvalue weighted by molar-refractivity contribution is 6.07. The Morgan fingerprint density at radius 2 is 2.23 bits per heavy atom. The Morgan fingerprint density at radius 1 is 1.55 bits per heavy atom. The first-order valence-corrected chi connectivity index (χ1v) is 6.98. The van der Waals surface area contributed by atoms with Gasteiger partial charge in [-0.05, 0) is 19.4 Å². The summed E-state index contributed by atoms with van der Waals surface area (Å²) in [5.74, 6) is -0.703. The van der Waals surface area contributed by atoms with Crippen LogP contribution < -0.4 is 27.8 Å². The van der Waals surface area contributed by atoms with Crippen molar-refractivity contribution in [3.63, 3.8) is 0 Å². The third-order valence-electron chi connectivity index (χ3n) is 3.28. The lowest BCUT2D eigenvalue weighted by molar-refractivity contribution is -0.138. The van der Waals surface area contributed by atoms with Gasteiger partial charge < -0.3 is 22.1 Å². The Labute approximate surface area is 128 Å². The van der Waals surface area contributed by atoms with E-state index in [2.05, 4.69) is 15.6 Å². The second kappa shape index (κ2) is 8.29. The molecule has 8 N–H and O–H groups in total. The van der Waals surface area contributed by atoms with Crippen LogP contribution in [0.3, 0.4) is 0 Å². The van der Waals surface area contributed by atoms with Crippen LogP contribution in [-0.2, 0) is 9.59 Å². The summed E-state index contributed by atoms with van der Waals surface area (Å²) >= 11 is 0. The quantitative estimate of drug-likeness (QED) is 0.362. The molecule has 10 nitrogen and oxygen atoms in total. The Hall–Kier alpha value is -2.20. The van der Waals surface area contributed by atoms with E-state index < -0.39 is 18.0 Å². The third-order valence-corrected chi connectivity index (χ3v) is 3.28. The van der Waals surface area contributed by atoms with E-state index >= 15 is 0 Å². The lowest BCUT2D eigenvalue weighted by Crippen LogP contribution is -2.58. The normalized spacial score (nSPS) is 19.0. The minimum Gasteiger partial charge on any atom is -0.351 e. The standard InChI is InChI=1S/C12H23N7O3/c1-19(9(20)5-7(14)3-2-4-13)8-6-16-12(17-10(8)21)18-11(15)22/h7-8H,2-6,13-14H2,1H3,(H4,15,16,17,18,21,22)/t7-,8?/m0/s1. The van der Waals surface area contributed by atoms with Crippen molar-refractivity contribution >= 4 is 23.8 Å². The number of nitrogens with zero attached hydrogens (tertiary/aromatic N) is 2. The van der Waals surface area contributed by atoms with Crippen molar-refractivity contribution in [1.82, 2.24) is 15.5 Å². The average molecular weight is 313 g/mol. The first kappa shape index (κ1) is 17.9. The number of amides is 4. The number of rotatable bonds is 6. The van der Waals surface area contributed by atoms with Gasteiger partial charge in [0.25, 0.3) is 5.91 Å². The van der Waals surface area contributed by atoms with E-state index in [9.17, 15) is 14.4 Å². The van der Waals surface area contributed by atoms with E-state index in [0.717, 1.165) is 6.42 Å². The molecule has 1 aliphatic heterocycles. The largest absolute Gasteiger partial charge is 0.351 e. The maximum atomic E-state index is 12.1. The SMILES string of the molecule is CN(C(=O)C[C@@H](N)CCCN)C1CN=C(NC(N)=O)NC1=O. The Bertz CT molecular complexity index is 466. The van der Waals surface area contributed by atoms with Crippen LogP contribution in [0, 0.1) is 0 Å². The molecule has 0 fully saturated rings. The number of likely N-dealkylation sites (N-methyl/N-ethyl adjacent to an activating group) is 1. The van der Waals surface area contributed by atoms with Gasteiger partial charge in [0.15, 0.2) is 0 Å². The van der Waals surface area contributed by atoms with Gasteiger partial charge in [-0.15, -0.1) is 0 Å². The zero-order chi connectivity index (χ0) is 16.7. The molecule has 1 aliphatic rings. The fraction of sp³-hybridized carbons (Fsp3) is 0.667. The van der Waals surface area contributed by atoms with Crippen LogP contribution in [0.15, 0.2) is 4.99 Å². The number of urea groups is 1. The molecule has 0 aromatic carbocycles. The van der Waals surface area contributed by atoms with Crippen molar-refractivity contribution in [3.8, 4) is 0 Å². The zero-order valence-electron chi connectivity index (χ0n) is 12.5. The zero-order valence-corrected chi connectivity index (χ0v) is 12.5. The first-order chi connectivity index (χ1) is 10.3. The average Bonchev–Trinajstić information content (AvgIpc) is 2.43. The number of guanidine groups is 1. The summed E-state index contributed by atoms with van der Waals surface area (Å²) in [6.07, 6.45) is 1.53. The van der Waals surface area contributed by atoms with Crippen molar-refractivity contribution in [2.24, 2.45) is 22.2 Å². The molecule has 0 bridgehead atoms. The van der Waals surface area contributed by atoms with Crippen LogP contribution in [0.1, 0.15) is 19.3 Å². The van der Waals surface area contributed by atoms with E-state index in [1.807, 2.05) is 0 Å². The van der Waals surface area contributed by atoms with E-state index in [-0.39, 0.29) is 30.9 Å². The molecule has 0 aliphatic carbocycles. The summed E-state index contributed by atoms with van der Waals surface area (Å²) in [4.78, 5) is 40.1. The number of primary amides is 1. The van der Waals surface area contributed by atoms with E-state index in [1.54, 1.807) is 0 Å². The van der Waals surface area contributed by atoms with Gasteiger partial charge in [-0.3, -0.25) is 20.2 Å². The topological polar surface area (TPSA) is 169 Å². The highest BCUT2D eigenvalue weighted by Gasteiger charge is 2.31. The molecule has 2 atom stereocenters. The Balaban J connectivity index is 2.56. The number of hydrogen-bond acceptors (Lipinski definition) is 6. The minimum atomic E-state index is -0.826. The van der Waals surface area contributed by atoms with Crippen molar-refractivity contribution < 1.29 is 14.4 Å². The van der Waals surface area contributed by atoms with Gasteiger partial charge >= 0.3 is 6.03 Å². The van der Waals surface area contributed by atoms with Crippen LogP contribution in [-0.4, -0.2) is 60.9 Å². The molecule has 4 amide bonds. The van der Waals surface area contributed by atoms with Crippen molar-refractivity contribution in [1.29, 1.82) is 0 Å². The Morgan fingerprint density at radius 3 is 2.77 bits per heavy atom. The second-order valence-corrected chi connectivity index (χ2v) is 5.08. The fourth-order valence-corrected chi connectivity index (χ4v) is 2.01. The lowest BCUT2D eigenvalue weighted by atomic mass is 10.1. The molecule has 0 radical (unpaired) electrons. The molecule has 0 spiro atoms. The Kier molecular flexibility index (Phi) is 6.73. The van der Waals surface area contributed by atoms with Gasteiger partial charge in [-0.1, -0.05) is 0 Å². The van der Waals surface area contributed by atoms with Crippen molar-refractivity contribution in [2.45, 2.75) is 31.3 Å². The number of aliphatic imine (C=N–C) groups is 1. The number of carbonyl (C=O) groups excluding carboxylic acids is 3. The molecular weight excluding hydrogens is 290 g/mol. The molecule has 10 heteroatoms. The van der Waals surface area contributed by atoms with Gasteiger partial charge in [0.05, 0.1) is 6.54 Å². The summed E-state index contributed by atoms with van der Waals surface area (Å²) in [7, 11) is 1.52. The van der Waals surface area contributed by atoms with Crippen LogP contribution in [0.25, 0.3) is 0 Å². The van der Waals surface area contributed by atoms with Gasteiger partial charge in [0.1, 0.15) is 6.04 Å². The molecular formula is C12H23N7O3. The predicted octanol–water partition coefficient (Wildman–Crippen LogP) is -2.58. The van der Waals surface area contributed by atoms with Crippen LogP contribution in [0.5, 0.6) is 0 Å².